The van der Waals surface area contributed by atoms with Crippen LogP contribution in [0.4, 0.5) is 33.3 Å². The van der Waals surface area contributed by atoms with Gasteiger partial charge in [0, 0.05) is 36.2 Å². The second-order valence-electron chi connectivity index (χ2n) is 8.11. The summed E-state index contributed by atoms with van der Waals surface area (Å²) >= 11 is 0. The Labute approximate surface area is 176 Å². The first-order chi connectivity index (χ1) is 14.6. The number of hydrogen-bond donors (Lipinski definition) is 3. The predicted octanol–water partition coefficient (Wildman–Crippen LogP) is 5.01. The van der Waals surface area contributed by atoms with Crippen LogP contribution in [0.15, 0.2) is 36.5 Å². The topological polar surface area (TPSA) is 81.8 Å². The molecule has 1 aromatic carbocycles. The highest BCUT2D eigenvalue weighted by Gasteiger charge is 2.13. The fraction of sp³-hybridized carbons (Fsp3) is 0.409. The molecule has 0 amide bonds. The van der Waals surface area contributed by atoms with Crippen LogP contribution in [-0.4, -0.2) is 33.3 Å². The first-order valence-corrected chi connectivity index (χ1v) is 10.5. The van der Waals surface area contributed by atoms with Crippen LogP contribution in [0, 0.1) is 11.7 Å². The van der Waals surface area contributed by atoms with E-state index in [4.69, 9.17) is 0 Å². The lowest BCUT2D eigenvalue weighted by molar-refractivity contribution is 0.578. The summed E-state index contributed by atoms with van der Waals surface area (Å²) < 4.78 is 14.3. The molecule has 3 heterocycles. The first kappa shape index (κ1) is 20.1. The Balaban J connectivity index is 1.47. The molecule has 0 spiro atoms. The van der Waals surface area contributed by atoms with Crippen LogP contribution in [0.1, 0.15) is 38.8 Å². The van der Waals surface area contributed by atoms with Gasteiger partial charge in [-0.3, -0.25) is 5.10 Å². The molecule has 1 saturated heterocycles. The standard InChI is InChI=1S/C22H28FN7/c1-15(2)11-17-13-20(29-28-17)26-21-19(23)14-24-22(27-21)25-16-7-6-8-18(12-16)30-9-4-3-5-10-30/h6-8,12-15H,3-5,9-11H2,1-2H3,(H3,24,25,26,27,28,29). The summed E-state index contributed by atoms with van der Waals surface area (Å²) in [5, 5.41) is 13.3. The molecule has 0 saturated carbocycles. The van der Waals surface area contributed by atoms with Gasteiger partial charge < -0.3 is 15.5 Å². The number of nitrogens with zero attached hydrogens (tertiary/aromatic N) is 4. The van der Waals surface area contributed by atoms with Crippen LogP contribution in [0.3, 0.4) is 0 Å². The third kappa shape index (κ3) is 5.06. The van der Waals surface area contributed by atoms with E-state index in [1.807, 2.05) is 18.2 Å². The van der Waals surface area contributed by atoms with E-state index in [2.05, 4.69) is 61.7 Å². The van der Waals surface area contributed by atoms with Crippen molar-refractivity contribution in [3.8, 4) is 0 Å². The van der Waals surface area contributed by atoms with Crippen LogP contribution in [-0.2, 0) is 6.42 Å². The Kier molecular flexibility index (Phi) is 6.11. The molecule has 7 nitrogen and oxygen atoms in total. The zero-order chi connectivity index (χ0) is 20.9. The Hall–Kier alpha value is -3.16. The maximum atomic E-state index is 14.3. The highest BCUT2D eigenvalue weighted by molar-refractivity contribution is 5.63. The van der Waals surface area contributed by atoms with Crippen LogP contribution in [0.2, 0.25) is 0 Å². The molecule has 0 radical (unpaired) electrons. The smallest absolute Gasteiger partial charge is 0.229 e. The third-order valence-electron chi connectivity index (χ3n) is 5.07. The van der Waals surface area contributed by atoms with Gasteiger partial charge in [0.15, 0.2) is 17.5 Å². The van der Waals surface area contributed by atoms with Crippen molar-refractivity contribution in [2.24, 2.45) is 5.92 Å². The lowest BCUT2D eigenvalue weighted by atomic mass is 10.1. The van der Waals surface area contributed by atoms with Gasteiger partial charge >= 0.3 is 0 Å². The molecule has 3 aromatic rings. The maximum absolute atomic E-state index is 14.3. The SMILES string of the molecule is CC(C)Cc1cc(Nc2nc(Nc3cccc(N4CCCCC4)c3)ncc2F)n[nH]1. The molecule has 4 rings (SSSR count). The van der Waals surface area contributed by atoms with Gasteiger partial charge in [-0.15, -0.1) is 0 Å². The summed E-state index contributed by atoms with van der Waals surface area (Å²) in [7, 11) is 0. The molecule has 2 aromatic heterocycles. The minimum atomic E-state index is -0.531. The summed E-state index contributed by atoms with van der Waals surface area (Å²) in [5.41, 5.74) is 3.04. The Morgan fingerprint density at radius 1 is 1.13 bits per heavy atom. The second-order valence-corrected chi connectivity index (χ2v) is 8.11. The molecular formula is C22H28FN7. The average Bonchev–Trinajstić information content (AvgIpc) is 3.17. The second kappa shape index (κ2) is 9.11. The van der Waals surface area contributed by atoms with E-state index < -0.39 is 5.82 Å². The maximum Gasteiger partial charge on any atom is 0.229 e. The fourth-order valence-electron chi connectivity index (χ4n) is 3.67. The molecule has 3 N–H and O–H groups in total. The highest BCUT2D eigenvalue weighted by atomic mass is 19.1. The zero-order valence-electron chi connectivity index (χ0n) is 17.5. The Morgan fingerprint density at radius 3 is 2.77 bits per heavy atom. The van der Waals surface area contributed by atoms with Crippen LogP contribution in [0.25, 0.3) is 0 Å². The van der Waals surface area contributed by atoms with Gasteiger partial charge in [-0.2, -0.15) is 10.1 Å². The van der Waals surface area contributed by atoms with Crippen molar-refractivity contribution in [1.82, 2.24) is 20.2 Å². The van der Waals surface area contributed by atoms with E-state index >= 15 is 0 Å². The van der Waals surface area contributed by atoms with E-state index in [1.165, 1.54) is 24.9 Å². The monoisotopic (exact) mass is 409 g/mol. The van der Waals surface area contributed by atoms with E-state index in [-0.39, 0.29) is 5.82 Å². The number of benzene rings is 1. The van der Waals surface area contributed by atoms with Crippen LogP contribution >= 0.6 is 0 Å². The minimum absolute atomic E-state index is 0.0854. The molecule has 0 atom stereocenters. The van der Waals surface area contributed by atoms with Gasteiger partial charge in [0.1, 0.15) is 0 Å². The van der Waals surface area contributed by atoms with E-state index in [0.717, 1.165) is 37.1 Å². The molecule has 158 valence electrons. The molecule has 0 unspecified atom stereocenters. The number of hydrogen-bond acceptors (Lipinski definition) is 6. The number of piperidine rings is 1. The van der Waals surface area contributed by atoms with Crippen molar-refractivity contribution >= 4 is 29.0 Å². The quantitative estimate of drug-likeness (QED) is 0.509. The van der Waals surface area contributed by atoms with Crippen LogP contribution in [0.5, 0.6) is 0 Å². The number of rotatable bonds is 7. The molecular weight excluding hydrogens is 381 g/mol. The zero-order valence-corrected chi connectivity index (χ0v) is 17.5. The van der Waals surface area contributed by atoms with Crippen molar-refractivity contribution in [2.45, 2.75) is 39.5 Å². The van der Waals surface area contributed by atoms with Gasteiger partial charge in [0.2, 0.25) is 5.95 Å². The average molecular weight is 410 g/mol. The summed E-state index contributed by atoms with van der Waals surface area (Å²) in [5.74, 6) is 0.915. The van der Waals surface area contributed by atoms with E-state index in [0.29, 0.717) is 17.7 Å². The van der Waals surface area contributed by atoms with Crippen molar-refractivity contribution in [3.63, 3.8) is 0 Å². The van der Waals surface area contributed by atoms with Crippen molar-refractivity contribution in [2.75, 3.05) is 28.6 Å². The van der Waals surface area contributed by atoms with Crippen molar-refractivity contribution in [1.29, 1.82) is 0 Å². The molecule has 8 heteroatoms. The fourth-order valence-corrected chi connectivity index (χ4v) is 3.67. The van der Waals surface area contributed by atoms with Gasteiger partial charge in [-0.05, 0) is 49.8 Å². The number of anilines is 5. The van der Waals surface area contributed by atoms with Crippen molar-refractivity contribution in [3.05, 3.63) is 48.0 Å². The molecule has 0 bridgehead atoms. The number of nitrogens with one attached hydrogen (secondary N) is 3. The van der Waals surface area contributed by atoms with Crippen molar-refractivity contribution < 1.29 is 4.39 Å². The number of halogens is 1. The molecule has 1 fully saturated rings. The lowest BCUT2D eigenvalue weighted by Crippen LogP contribution is -2.29. The Morgan fingerprint density at radius 2 is 1.97 bits per heavy atom. The normalized spacial score (nSPS) is 14.2. The van der Waals surface area contributed by atoms with E-state index in [1.54, 1.807) is 0 Å². The molecule has 1 aliphatic rings. The number of H-pyrrole nitrogens is 1. The van der Waals surface area contributed by atoms with E-state index in [9.17, 15) is 4.39 Å². The van der Waals surface area contributed by atoms with Gasteiger partial charge in [-0.1, -0.05) is 19.9 Å². The number of aromatic nitrogens is 4. The molecule has 0 aliphatic carbocycles. The Bertz CT molecular complexity index is 979. The third-order valence-corrected chi connectivity index (χ3v) is 5.07. The summed E-state index contributed by atoms with van der Waals surface area (Å²) in [4.78, 5) is 10.8. The first-order valence-electron chi connectivity index (χ1n) is 10.5. The van der Waals surface area contributed by atoms with Crippen LogP contribution < -0.4 is 15.5 Å². The largest absolute Gasteiger partial charge is 0.371 e. The predicted molar refractivity (Wildman–Crippen MR) is 118 cm³/mol. The summed E-state index contributed by atoms with van der Waals surface area (Å²) in [6, 6.07) is 10.0. The summed E-state index contributed by atoms with van der Waals surface area (Å²) in [6.45, 7) is 6.42. The molecule has 1 aliphatic heterocycles. The molecule has 30 heavy (non-hydrogen) atoms. The minimum Gasteiger partial charge on any atom is -0.371 e. The van der Waals surface area contributed by atoms with Gasteiger partial charge in [-0.25, -0.2) is 9.37 Å². The van der Waals surface area contributed by atoms with Gasteiger partial charge in [0.25, 0.3) is 0 Å². The van der Waals surface area contributed by atoms with Gasteiger partial charge in [0.05, 0.1) is 6.20 Å². The number of aromatic amines is 1. The highest BCUT2D eigenvalue weighted by Crippen LogP contribution is 2.25. The summed E-state index contributed by atoms with van der Waals surface area (Å²) in [6.07, 6.45) is 5.77. The lowest BCUT2D eigenvalue weighted by Gasteiger charge is -2.29.